The number of carboxylic acid groups (broad SMARTS) is 1. The molecule has 1 aliphatic rings. The standard InChI is InChI=1S/C26H21BrN2O5/c27-22-14-16(25(31)32)11-12-23(22)29-24(30)10-5-13-28-26(33)34-15-21-19-8-3-1-6-17(19)18-7-2-4-9-20(18)21/h1-12,14,21H,13,15H2,(H,28,33)(H,29,30)(H,31,32)/b10-5+. The highest BCUT2D eigenvalue weighted by Gasteiger charge is 2.28. The van der Waals surface area contributed by atoms with Gasteiger partial charge in [-0.15, -0.1) is 0 Å². The molecule has 0 unspecified atom stereocenters. The number of hydrogen-bond acceptors (Lipinski definition) is 4. The summed E-state index contributed by atoms with van der Waals surface area (Å²) in [6.45, 7) is 0.327. The zero-order valence-electron chi connectivity index (χ0n) is 18.0. The number of rotatable bonds is 7. The maximum Gasteiger partial charge on any atom is 0.407 e. The summed E-state index contributed by atoms with van der Waals surface area (Å²) in [5.74, 6) is -1.50. The van der Waals surface area contributed by atoms with Crippen molar-refractivity contribution in [3.05, 3.63) is 100 Å². The summed E-state index contributed by atoms with van der Waals surface area (Å²) in [4.78, 5) is 35.2. The second kappa shape index (κ2) is 10.4. The molecule has 34 heavy (non-hydrogen) atoms. The highest BCUT2D eigenvalue weighted by molar-refractivity contribution is 9.10. The lowest BCUT2D eigenvalue weighted by Gasteiger charge is -2.14. The summed E-state index contributed by atoms with van der Waals surface area (Å²) >= 11 is 3.23. The summed E-state index contributed by atoms with van der Waals surface area (Å²) in [5.41, 5.74) is 5.12. The first-order chi connectivity index (χ1) is 16.4. The summed E-state index contributed by atoms with van der Waals surface area (Å²) in [6, 6.07) is 20.5. The normalized spacial score (nSPS) is 12.1. The van der Waals surface area contributed by atoms with Gasteiger partial charge in [-0.25, -0.2) is 9.59 Å². The van der Waals surface area contributed by atoms with E-state index < -0.39 is 18.0 Å². The highest BCUT2D eigenvalue weighted by Crippen LogP contribution is 2.44. The molecule has 3 aromatic carbocycles. The summed E-state index contributed by atoms with van der Waals surface area (Å²) in [6.07, 6.45) is 2.20. The van der Waals surface area contributed by atoms with Gasteiger partial charge in [-0.2, -0.15) is 0 Å². The lowest BCUT2D eigenvalue weighted by atomic mass is 9.98. The largest absolute Gasteiger partial charge is 0.478 e. The van der Waals surface area contributed by atoms with Crippen molar-refractivity contribution in [3.63, 3.8) is 0 Å². The van der Waals surface area contributed by atoms with Crippen LogP contribution in [-0.2, 0) is 9.53 Å². The lowest BCUT2D eigenvalue weighted by Crippen LogP contribution is -2.26. The number of fused-ring (bicyclic) bond motifs is 3. The van der Waals surface area contributed by atoms with Gasteiger partial charge in [-0.05, 0) is 56.4 Å². The SMILES string of the molecule is O=C(/C=C/CNC(=O)OCC1c2ccccc2-c2ccccc21)Nc1ccc(C(=O)O)cc1Br. The summed E-state index contributed by atoms with van der Waals surface area (Å²) in [7, 11) is 0. The third-order valence-corrected chi connectivity index (χ3v) is 6.11. The molecule has 172 valence electrons. The maximum atomic E-state index is 12.2. The van der Waals surface area contributed by atoms with E-state index in [1.807, 2.05) is 24.3 Å². The molecule has 1 aliphatic carbocycles. The van der Waals surface area contributed by atoms with E-state index in [2.05, 4.69) is 50.8 Å². The number of aromatic carboxylic acids is 1. The van der Waals surface area contributed by atoms with Gasteiger partial charge in [0.1, 0.15) is 6.61 Å². The second-order valence-electron chi connectivity index (χ2n) is 7.60. The Kier molecular flexibility index (Phi) is 7.08. The van der Waals surface area contributed by atoms with Crippen LogP contribution in [0.4, 0.5) is 10.5 Å². The van der Waals surface area contributed by atoms with Gasteiger partial charge >= 0.3 is 12.1 Å². The van der Waals surface area contributed by atoms with Crippen molar-refractivity contribution >= 4 is 39.6 Å². The quantitative estimate of drug-likeness (QED) is 0.372. The summed E-state index contributed by atoms with van der Waals surface area (Å²) in [5, 5.41) is 14.2. The van der Waals surface area contributed by atoms with Crippen LogP contribution in [0.3, 0.4) is 0 Å². The van der Waals surface area contributed by atoms with E-state index in [0.717, 1.165) is 22.3 Å². The zero-order valence-corrected chi connectivity index (χ0v) is 19.5. The molecule has 0 spiro atoms. The van der Waals surface area contributed by atoms with Crippen molar-refractivity contribution < 1.29 is 24.2 Å². The molecule has 0 radical (unpaired) electrons. The highest BCUT2D eigenvalue weighted by atomic mass is 79.9. The molecule has 7 nitrogen and oxygen atoms in total. The van der Waals surface area contributed by atoms with Crippen LogP contribution in [0.1, 0.15) is 27.4 Å². The third kappa shape index (κ3) is 5.18. The number of halogens is 1. The Labute approximate surface area is 204 Å². The first-order valence-electron chi connectivity index (χ1n) is 10.5. The molecule has 0 aliphatic heterocycles. The first-order valence-corrected chi connectivity index (χ1v) is 11.3. The number of carboxylic acids is 1. The average molecular weight is 521 g/mol. The minimum absolute atomic E-state index is 0.0227. The first kappa shape index (κ1) is 23.3. The van der Waals surface area contributed by atoms with Crippen molar-refractivity contribution in [1.29, 1.82) is 0 Å². The van der Waals surface area contributed by atoms with Gasteiger partial charge in [-0.3, -0.25) is 4.79 Å². The maximum absolute atomic E-state index is 12.2. The number of carbonyl (C=O) groups excluding carboxylic acids is 2. The minimum atomic E-state index is -1.06. The van der Waals surface area contributed by atoms with Crippen LogP contribution in [-0.4, -0.2) is 36.2 Å². The second-order valence-corrected chi connectivity index (χ2v) is 8.45. The number of hydrogen-bond donors (Lipinski definition) is 3. The molecule has 3 N–H and O–H groups in total. The molecular formula is C26H21BrN2O5. The predicted octanol–water partition coefficient (Wildman–Crippen LogP) is 5.18. The van der Waals surface area contributed by atoms with Crippen LogP contribution in [0, 0.1) is 0 Å². The number of amides is 2. The number of anilines is 1. The van der Waals surface area contributed by atoms with E-state index in [0.29, 0.717) is 10.2 Å². The monoisotopic (exact) mass is 520 g/mol. The summed E-state index contributed by atoms with van der Waals surface area (Å²) < 4.78 is 5.90. The number of carbonyl (C=O) groups is 3. The smallest absolute Gasteiger partial charge is 0.407 e. The Morgan fingerprint density at radius 1 is 0.971 bits per heavy atom. The number of benzene rings is 3. The van der Waals surface area contributed by atoms with Crippen LogP contribution in [0.5, 0.6) is 0 Å². The van der Waals surface area contributed by atoms with E-state index in [-0.39, 0.29) is 24.6 Å². The Hall–Kier alpha value is -3.91. The predicted molar refractivity (Wildman–Crippen MR) is 132 cm³/mol. The van der Waals surface area contributed by atoms with Crippen LogP contribution < -0.4 is 10.6 Å². The molecule has 3 aromatic rings. The van der Waals surface area contributed by atoms with Crippen LogP contribution in [0.25, 0.3) is 11.1 Å². The van der Waals surface area contributed by atoms with Crippen molar-refractivity contribution in [2.45, 2.75) is 5.92 Å². The minimum Gasteiger partial charge on any atom is -0.478 e. The van der Waals surface area contributed by atoms with Crippen molar-refractivity contribution in [1.82, 2.24) is 5.32 Å². The zero-order chi connectivity index (χ0) is 24.1. The Morgan fingerprint density at radius 3 is 2.24 bits per heavy atom. The number of nitrogens with one attached hydrogen (secondary N) is 2. The van der Waals surface area contributed by atoms with Gasteiger partial charge in [0, 0.05) is 23.0 Å². The Balaban J connectivity index is 1.26. The topological polar surface area (TPSA) is 105 Å². The Morgan fingerprint density at radius 2 is 1.62 bits per heavy atom. The molecule has 0 bridgehead atoms. The molecule has 2 amide bonds. The van der Waals surface area contributed by atoms with Gasteiger partial charge in [-0.1, -0.05) is 54.6 Å². The van der Waals surface area contributed by atoms with Crippen molar-refractivity contribution in [2.24, 2.45) is 0 Å². The van der Waals surface area contributed by atoms with E-state index in [9.17, 15) is 14.4 Å². The molecule has 4 rings (SSSR count). The number of alkyl carbamates (subject to hydrolysis) is 1. The number of ether oxygens (including phenoxy) is 1. The van der Waals surface area contributed by atoms with Gasteiger partial charge in [0.15, 0.2) is 0 Å². The molecule has 0 heterocycles. The van der Waals surface area contributed by atoms with Gasteiger partial charge in [0.2, 0.25) is 5.91 Å². The van der Waals surface area contributed by atoms with Crippen LogP contribution >= 0.6 is 15.9 Å². The molecule has 0 saturated carbocycles. The molecule has 0 saturated heterocycles. The molecule has 0 fully saturated rings. The van der Waals surface area contributed by atoms with Gasteiger partial charge in [0.25, 0.3) is 0 Å². The average Bonchev–Trinajstić information content (AvgIpc) is 3.15. The van der Waals surface area contributed by atoms with Gasteiger partial charge in [0.05, 0.1) is 11.3 Å². The van der Waals surface area contributed by atoms with E-state index in [1.165, 1.54) is 30.4 Å². The lowest BCUT2D eigenvalue weighted by molar-refractivity contribution is -0.111. The van der Waals surface area contributed by atoms with E-state index >= 15 is 0 Å². The third-order valence-electron chi connectivity index (χ3n) is 5.45. The molecule has 8 heteroatoms. The fraction of sp³-hybridized carbons (Fsp3) is 0.115. The van der Waals surface area contributed by atoms with E-state index in [4.69, 9.17) is 9.84 Å². The van der Waals surface area contributed by atoms with Crippen molar-refractivity contribution in [3.8, 4) is 11.1 Å². The molecular weight excluding hydrogens is 500 g/mol. The Bertz CT molecular complexity index is 1240. The fourth-order valence-electron chi connectivity index (χ4n) is 3.88. The van der Waals surface area contributed by atoms with E-state index in [1.54, 1.807) is 0 Å². The van der Waals surface area contributed by atoms with Gasteiger partial charge < -0.3 is 20.5 Å². The van der Waals surface area contributed by atoms with Crippen LogP contribution in [0.2, 0.25) is 0 Å². The molecule has 0 atom stereocenters. The van der Waals surface area contributed by atoms with Crippen LogP contribution in [0.15, 0.2) is 83.4 Å². The fourth-order valence-corrected chi connectivity index (χ4v) is 4.36. The van der Waals surface area contributed by atoms with Crippen molar-refractivity contribution in [2.75, 3.05) is 18.5 Å². The molecule has 0 aromatic heterocycles.